The number of benzene rings is 3. The van der Waals surface area contributed by atoms with E-state index in [1.165, 1.54) is 16.7 Å². The number of rotatable bonds is 12. The third-order valence-corrected chi connectivity index (χ3v) is 6.79. The molecule has 3 atom stereocenters. The van der Waals surface area contributed by atoms with Gasteiger partial charge in [0, 0.05) is 25.3 Å². The lowest BCUT2D eigenvalue weighted by Gasteiger charge is -2.27. The van der Waals surface area contributed by atoms with E-state index < -0.39 is 0 Å². The molecule has 34 heavy (non-hydrogen) atoms. The Labute approximate surface area is 204 Å². The number of aromatic hydroxyl groups is 2. The highest BCUT2D eigenvalue weighted by Crippen LogP contribution is 2.40. The van der Waals surface area contributed by atoms with Crippen molar-refractivity contribution in [1.29, 1.82) is 0 Å². The molecule has 0 radical (unpaired) electrons. The second kappa shape index (κ2) is 12.6. The summed E-state index contributed by atoms with van der Waals surface area (Å²) in [5.74, 6) is 1.59. The predicted octanol–water partition coefficient (Wildman–Crippen LogP) is 7.25. The Morgan fingerprint density at radius 1 is 0.706 bits per heavy atom. The van der Waals surface area contributed by atoms with E-state index in [1.807, 2.05) is 12.1 Å². The second-order valence-corrected chi connectivity index (χ2v) is 9.23. The molecule has 0 spiro atoms. The van der Waals surface area contributed by atoms with Gasteiger partial charge in [0.1, 0.15) is 11.5 Å². The van der Waals surface area contributed by atoms with Crippen LogP contribution in [0.4, 0.5) is 0 Å². The average Bonchev–Trinajstić information content (AvgIpc) is 2.85. The van der Waals surface area contributed by atoms with Gasteiger partial charge in [-0.15, -0.1) is 0 Å². The third kappa shape index (κ3) is 6.62. The molecule has 3 aromatic carbocycles. The lowest BCUT2D eigenvalue weighted by molar-refractivity contribution is 0.174. The molecule has 0 aromatic heterocycles. The van der Waals surface area contributed by atoms with Crippen molar-refractivity contribution in [3.05, 3.63) is 94.5 Å². The molecule has 0 fully saturated rings. The van der Waals surface area contributed by atoms with Gasteiger partial charge >= 0.3 is 0 Å². The number of phenols is 2. The van der Waals surface area contributed by atoms with E-state index in [0.717, 1.165) is 30.4 Å². The summed E-state index contributed by atoms with van der Waals surface area (Å²) in [6, 6.07) is 22.5. The summed E-state index contributed by atoms with van der Waals surface area (Å²) in [5, 5.41) is 20.5. The van der Waals surface area contributed by atoms with Crippen LogP contribution in [0, 0.1) is 0 Å². The molecule has 0 saturated carbocycles. The van der Waals surface area contributed by atoms with Crippen LogP contribution in [0.1, 0.15) is 78.7 Å². The van der Waals surface area contributed by atoms with Crippen molar-refractivity contribution in [1.82, 2.24) is 0 Å². The first-order valence-corrected chi connectivity index (χ1v) is 12.1. The summed E-state index contributed by atoms with van der Waals surface area (Å²) in [6.45, 7) is 5.21. The number of hydrogen-bond donors (Lipinski definition) is 2. The van der Waals surface area contributed by atoms with Crippen molar-refractivity contribution in [3.8, 4) is 11.5 Å². The fourth-order valence-corrected chi connectivity index (χ4v) is 4.89. The van der Waals surface area contributed by atoms with E-state index in [0.29, 0.717) is 25.0 Å². The van der Waals surface area contributed by atoms with Crippen LogP contribution in [0.3, 0.4) is 0 Å². The molecule has 4 nitrogen and oxygen atoms in total. The second-order valence-electron chi connectivity index (χ2n) is 9.23. The summed E-state index contributed by atoms with van der Waals surface area (Å²) in [7, 11) is 3.28. The van der Waals surface area contributed by atoms with Crippen LogP contribution in [-0.4, -0.2) is 24.4 Å². The Morgan fingerprint density at radius 2 is 1.26 bits per heavy atom. The zero-order valence-electron chi connectivity index (χ0n) is 20.8. The van der Waals surface area contributed by atoms with Crippen LogP contribution in [0.25, 0.3) is 0 Å². The Bertz CT molecular complexity index is 987. The van der Waals surface area contributed by atoms with Crippen molar-refractivity contribution >= 4 is 0 Å². The van der Waals surface area contributed by atoms with Crippen LogP contribution in [0.5, 0.6) is 11.5 Å². The van der Waals surface area contributed by atoms with Crippen molar-refractivity contribution in [2.45, 2.75) is 64.1 Å². The molecule has 0 aliphatic heterocycles. The molecule has 4 heteroatoms. The average molecular weight is 463 g/mol. The maximum atomic E-state index is 10.6. The molecule has 0 aliphatic rings. The van der Waals surface area contributed by atoms with E-state index in [9.17, 15) is 10.2 Å². The van der Waals surface area contributed by atoms with Crippen molar-refractivity contribution in [2.24, 2.45) is 0 Å². The number of hydrogen-bond acceptors (Lipinski definition) is 4. The Kier molecular flexibility index (Phi) is 9.55. The van der Waals surface area contributed by atoms with Gasteiger partial charge in [-0.25, -0.2) is 0 Å². The van der Waals surface area contributed by atoms with E-state index in [-0.39, 0.29) is 17.4 Å². The molecular weight excluding hydrogens is 424 g/mol. The van der Waals surface area contributed by atoms with Crippen LogP contribution in [-0.2, 0) is 22.7 Å². The van der Waals surface area contributed by atoms with Crippen LogP contribution in [0.15, 0.2) is 66.7 Å². The summed E-state index contributed by atoms with van der Waals surface area (Å²) in [5.41, 5.74) is 5.36. The van der Waals surface area contributed by atoms with E-state index in [1.54, 1.807) is 26.4 Å². The standard InChI is InChI=1S/C30H38O4/c1-5-22(23-9-7-6-8-10-23)16-26(24-11-13-29(31)14-12-24)15-21(2)25-17-27(19-33-3)30(32)28(18-25)20-34-4/h6-14,17-18,21-22,26,31-32H,5,15-16,19-20H2,1-4H3. The lowest BCUT2D eigenvalue weighted by atomic mass is 9.78. The molecule has 182 valence electrons. The van der Waals surface area contributed by atoms with E-state index >= 15 is 0 Å². The number of phenolic OH excluding ortho intramolecular Hbond substituents is 2. The maximum absolute atomic E-state index is 10.6. The highest BCUT2D eigenvalue weighted by molar-refractivity contribution is 5.44. The highest BCUT2D eigenvalue weighted by atomic mass is 16.5. The molecule has 0 saturated heterocycles. The quantitative estimate of drug-likeness (QED) is 0.298. The smallest absolute Gasteiger partial charge is 0.126 e. The molecule has 3 aromatic rings. The SMILES string of the molecule is CCC(CC(CC(C)c1cc(COC)c(O)c(COC)c1)c1ccc(O)cc1)c1ccccc1. The first-order chi connectivity index (χ1) is 16.5. The minimum Gasteiger partial charge on any atom is -0.508 e. The minimum atomic E-state index is 0.254. The number of methoxy groups -OCH3 is 2. The molecule has 0 aliphatic carbocycles. The first kappa shape index (κ1) is 25.8. The van der Waals surface area contributed by atoms with Gasteiger partial charge < -0.3 is 19.7 Å². The van der Waals surface area contributed by atoms with Crippen LogP contribution < -0.4 is 0 Å². The zero-order chi connectivity index (χ0) is 24.5. The van der Waals surface area contributed by atoms with Crippen molar-refractivity contribution in [3.63, 3.8) is 0 Å². The largest absolute Gasteiger partial charge is 0.508 e. The Morgan fingerprint density at radius 3 is 1.79 bits per heavy atom. The topological polar surface area (TPSA) is 58.9 Å². The lowest BCUT2D eigenvalue weighted by Crippen LogP contribution is -2.10. The molecule has 0 heterocycles. The van der Waals surface area contributed by atoms with Gasteiger partial charge in [0.25, 0.3) is 0 Å². The first-order valence-electron chi connectivity index (χ1n) is 12.1. The molecular formula is C30H38O4. The van der Waals surface area contributed by atoms with Gasteiger partial charge in [-0.1, -0.05) is 56.3 Å². The fraction of sp³-hybridized carbons (Fsp3) is 0.400. The van der Waals surface area contributed by atoms with Crippen LogP contribution >= 0.6 is 0 Å². The fourth-order valence-electron chi connectivity index (χ4n) is 4.89. The Hall–Kier alpha value is -2.82. The van der Waals surface area contributed by atoms with Gasteiger partial charge in [0.05, 0.1) is 13.2 Å². The van der Waals surface area contributed by atoms with Gasteiger partial charge in [-0.3, -0.25) is 0 Å². The van der Waals surface area contributed by atoms with Crippen molar-refractivity contribution < 1.29 is 19.7 Å². The highest BCUT2D eigenvalue weighted by Gasteiger charge is 2.23. The summed E-state index contributed by atoms with van der Waals surface area (Å²) in [6.07, 6.45) is 3.06. The molecule has 0 amide bonds. The monoisotopic (exact) mass is 462 g/mol. The minimum absolute atomic E-state index is 0.254. The molecule has 3 rings (SSSR count). The zero-order valence-corrected chi connectivity index (χ0v) is 20.8. The Balaban J connectivity index is 1.92. The van der Waals surface area contributed by atoms with E-state index in [4.69, 9.17) is 9.47 Å². The summed E-state index contributed by atoms with van der Waals surface area (Å²) in [4.78, 5) is 0. The van der Waals surface area contributed by atoms with Gasteiger partial charge in [0.15, 0.2) is 0 Å². The molecule has 2 N–H and O–H groups in total. The van der Waals surface area contributed by atoms with Crippen LogP contribution in [0.2, 0.25) is 0 Å². The predicted molar refractivity (Wildman–Crippen MR) is 138 cm³/mol. The maximum Gasteiger partial charge on any atom is 0.126 e. The molecule has 0 bridgehead atoms. The normalized spacial score (nSPS) is 14.0. The van der Waals surface area contributed by atoms with Gasteiger partial charge in [-0.2, -0.15) is 0 Å². The third-order valence-electron chi connectivity index (χ3n) is 6.79. The summed E-state index contributed by atoms with van der Waals surface area (Å²) < 4.78 is 10.7. The van der Waals surface area contributed by atoms with Gasteiger partial charge in [0.2, 0.25) is 0 Å². The van der Waals surface area contributed by atoms with Gasteiger partial charge in [-0.05, 0) is 78.0 Å². The van der Waals surface area contributed by atoms with E-state index in [2.05, 4.69) is 56.3 Å². The number of ether oxygens (including phenoxy) is 2. The van der Waals surface area contributed by atoms with Crippen molar-refractivity contribution in [2.75, 3.05) is 14.2 Å². The summed E-state index contributed by atoms with van der Waals surface area (Å²) >= 11 is 0. The molecule has 3 unspecified atom stereocenters.